The van der Waals surface area contributed by atoms with Gasteiger partial charge in [-0.25, -0.2) is 0 Å². The van der Waals surface area contributed by atoms with Crippen molar-refractivity contribution in [3.63, 3.8) is 0 Å². The molecule has 2 aromatic heterocycles. The van der Waals surface area contributed by atoms with Crippen LogP contribution in [0.1, 0.15) is 18.7 Å². The van der Waals surface area contributed by atoms with Crippen molar-refractivity contribution in [3.8, 4) is 0 Å². The summed E-state index contributed by atoms with van der Waals surface area (Å²) in [6, 6.07) is 1.70. The Balaban J connectivity index is 2.32. The van der Waals surface area contributed by atoms with E-state index in [2.05, 4.69) is 42.1 Å². The molecule has 7 heteroatoms. The highest BCUT2D eigenvalue weighted by Crippen LogP contribution is 2.13. The number of pyridine rings is 1. The Hall–Kier alpha value is -0.950. The molecule has 0 saturated carbocycles. The van der Waals surface area contributed by atoms with Crippen LogP contribution < -0.4 is 5.56 Å². The topological polar surface area (TPSA) is 60.9 Å². The Morgan fingerprint density at radius 1 is 1.35 bits per heavy atom. The molecular formula is C10H9Br2N3O2. The maximum absolute atomic E-state index is 11.8. The minimum absolute atomic E-state index is 0.135. The number of nitrogens with zero attached hydrogens (tertiary/aromatic N) is 3. The van der Waals surface area contributed by atoms with Gasteiger partial charge in [0.15, 0.2) is 0 Å². The lowest BCUT2D eigenvalue weighted by molar-refractivity contribution is 0.439. The minimum atomic E-state index is -0.135. The van der Waals surface area contributed by atoms with E-state index in [1.165, 1.54) is 4.57 Å². The largest absolute Gasteiger partial charge is 0.423 e. The zero-order valence-electron chi connectivity index (χ0n) is 8.98. The van der Waals surface area contributed by atoms with E-state index in [0.29, 0.717) is 22.7 Å². The third-order valence-electron chi connectivity index (χ3n) is 2.13. The summed E-state index contributed by atoms with van der Waals surface area (Å²) in [5, 5.41) is 7.73. The van der Waals surface area contributed by atoms with Crippen molar-refractivity contribution < 1.29 is 4.42 Å². The molecule has 0 radical (unpaired) electrons. The van der Waals surface area contributed by atoms with E-state index in [1.54, 1.807) is 12.3 Å². The van der Waals surface area contributed by atoms with Crippen LogP contribution in [-0.2, 0) is 13.0 Å². The van der Waals surface area contributed by atoms with E-state index < -0.39 is 0 Å². The third-order valence-corrected chi connectivity index (χ3v) is 3.13. The Labute approximate surface area is 114 Å². The third kappa shape index (κ3) is 2.84. The van der Waals surface area contributed by atoms with Gasteiger partial charge in [-0.2, -0.15) is 0 Å². The molecular weight excluding hydrogens is 354 g/mol. The summed E-state index contributed by atoms with van der Waals surface area (Å²) in [6.45, 7) is 2.20. The number of hydrogen-bond donors (Lipinski definition) is 0. The highest BCUT2D eigenvalue weighted by Gasteiger charge is 2.08. The SMILES string of the molecule is CCc1nnc(Cn2cc(Br)cc(Br)c2=O)o1. The summed E-state index contributed by atoms with van der Waals surface area (Å²) < 4.78 is 8.15. The van der Waals surface area contributed by atoms with Crippen LogP contribution in [-0.4, -0.2) is 14.8 Å². The highest BCUT2D eigenvalue weighted by atomic mass is 79.9. The van der Waals surface area contributed by atoms with Crippen molar-refractivity contribution in [1.29, 1.82) is 0 Å². The molecule has 0 aromatic carbocycles. The fraction of sp³-hybridized carbons (Fsp3) is 0.300. The lowest BCUT2D eigenvalue weighted by atomic mass is 10.4. The van der Waals surface area contributed by atoms with Crippen LogP contribution in [0.5, 0.6) is 0 Å². The molecule has 2 rings (SSSR count). The van der Waals surface area contributed by atoms with Gasteiger partial charge in [0.05, 0.1) is 4.47 Å². The lowest BCUT2D eigenvalue weighted by Gasteiger charge is -2.03. The average Bonchev–Trinajstić information content (AvgIpc) is 2.73. The van der Waals surface area contributed by atoms with Crippen LogP contribution in [0.4, 0.5) is 0 Å². The molecule has 0 N–H and O–H groups in total. The Kier molecular flexibility index (Phi) is 3.78. The number of halogens is 2. The second kappa shape index (κ2) is 5.14. The number of hydrogen-bond acceptors (Lipinski definition) is 4. The van der Waals surface area contributed by atoms with Crippen molar-refractivity contribution in [2.24, 2.45) is 0 Å². The maximum Gasteiger partial charge on any atom is 0.265 e. The van der Waals surface area contributed by atoms with Crippen molar-refractivity contribution in [3.05, 3.63) is 43.3 Å². The van der Waals surface area contributed by atoms with Gasteiger partial charge in [-0.15, -0.1) is 10.2 Å². The summed E-state index contributed by atoms with van der Waals surface area (Å²) >= 11 is 6.52. The maximum atomic E-state index is 11.8. The Morgan fingerprint density at radius 2 is 2.06 bits per heavy atom. The molecule has 5 nitrogen and oxygen atoms in total. The normalized spacial score (nSPS) is 10.8. The first-order valence-electron chi connectivity index (χ1n) is 4.97. The summed E-state index contributed by atoms with van der Waals surface area (Å²) in [4.78, 5) is 11.8. The molecule has 90 valence electrons. The van der Waals surface area contributed by atoms with Gasteiger partial charge in [0.1, 0.15) is 6.54 Å². The fourth-order valence-corrected chi connectivity index (χ4v) is 2.58. The predicted octanol–water partition coefficient (Wildman–Crippen LogP) is 2.37. The van der Waals surface area contributed by atoms with Crippen molar-refractivity contribution in [2.45, 2.75) is 19.9 Å². The number of aromatic nitrogens is 3. The van der Waals surface area contributed by atoms with Gasteiger partial charge in [-0.1, -0.05) is 6.92 Å². The predicted molar refractivity (Wildman–Crippen MR) is 68.9 cm³/mol. The van der Waals surface area contributed by atoms with E-state index >= 15 is 0 Å². The Morgan fingerprint density at radius 3 is 2.71 bits per heavy atom. The van der Waals surface area contributed by atoms with Gasteiger partial charge < -0.3 is 8.98 Å². The summed E-state index contributed by atoms with van der Waals surface area (Å²) in [7, 11) is 0. The first-order valence-corrected chi connectivity index (χ1v) is 6.55. The van der Waals surface area contributed by atoms with E-state index in [4.69, 9.17) is 4.42 Å². The van der Waals surface area contributed by atoms with Gasteiger partial charge in [0.2, 0.25) is 11.8 Å². The van der Waals surface area contributed by atoms with Crippen LogP contribution in [0, 0.1) is 0 Å². The molecule has 17 heavy (non-hydrogen) atoms. The van der Waals surface area contributed by atoms with Crippen LogP contribution in [0.25, 0.3) is 0 Å². The molecule has 0 spiro atoms. The minimum Gasteiger partial charge on any atom is -0.423 e. The van der Waals surface area contributed by atoms with Gasteiger partial charge >= 0.3 is 0 Å². The number of rotatable bonds is 3. The van der Waals surface area contributed by atoms with Crippen molar-refractivity contribution in [1.82, 2.24) is 14.8 Å². The van der Waals surface area contributed by atoms with E-state index in [9.17, 15) is 4.79 Å². The molecule has 0 aliphatic rings. The van der Waals surface area contributed by atoms with Crippen LogP contribution in [0.3, 0.4) is 0 Å². The Bertz CT molecular complexity index is 591. The van der Waals surface area contributed by atoms with Gasteiger partial charge in [0, 0.05) is 17.1 Å². The molecule has 0 saturated heterocycles. The zero-order chi connectivity index (χ0) is 12.4. The van der Waals surface area contributed by atoms with Crippen molar-refractivity contribution in [2.75, 3.05) is 0 Å². The van der Waals surface area contributed by atoms with Gasteiger partial charge in [0.25, 0.3) is 5.56 Å². The van der Waals surface area contributed by atoms with Crippen LogP contribution >= 0.6 is 31.9 Å². The first kappa shape index (κ1) is 12.5. The molecule has 0 unspecified atom stereocenters. The molecule has 2 heterocycles. The monoisotopic (exact) mass is 361 g/mol. The van der Waals surface area contributed by atoms with Crippen LogP contribution in [0.15, 0.2) is 30.4 Å². The van der Waals surface area contributed by atoms with Crippen LogP contribution in [0.2, 0.25) is 0 Å². The summed E-state index contributed by atoms with van der Waals surface area (Å²) in [5.74, 6) is 0.996. The fourth-order valence-electron chi connectivity index (χ4n) is 1.32. The van der Waals surface area contributed by atoms with Gasteiger partial charge in [-0.3, -0.25) is 4.79 Å². The van der Waals surface area contributed by atoms with E-state index in [0.717, 1.165) is 4.47 Å². The number of aryl methyl sites for hydroxylation is 1. The second-order valence-corrected chi connectivity index (χ2v) is 5.15. The van der Waals surface area contributed by atoms with E-state index in [1.807, 2.05) is 6.92 Å². The molecule has 0 aliphatic heterocycles. The molecule has 0 atom stereocenters. The summed E-state index contributed by atoms with van der Waals surface area (Å²) in [5.41, 5.74) is -0.135. The lowest BCUT2D eigenvalue weighted by Crippen LogP contribution is -2.20. The van der Waals surface area contributed by atoms with Gasteiger partial charge in [-0.05, 0) is 37.9 Å². The van der Waals surface area contributed by atoms with Crippen molar-refractivity contribution >= 4 is 31.9 Å². The molecule has 0 aliphatic carbocycles. The first-order chi connectivity index (χ1) is 8.10. The quantitative estimate of drug-likeness (QED) is 0.840. The molecule has 0 amide bonds. The molecule has 0 fully saturated rings. The second-order valence-electron chi connectivity index (χ2n) is 3.38. The molecule has 2 aromatic rings. The average molecular weight is 363 g/mol. The highest BCUT2D eigenvalue weighted by molar-refractivity contribution is 9.11. The zero-order valence-corrected chi connectivity index (χ0v) is 12.2. The summed E-state index contributed by atoms with van der Waals surface area (Å²) in [6.07, 6.45) is 2.37. The molecule has 0 bridgehead atoms. The standard InChI is InChI=1S/C10H9Br2N3O2/c1-2-8-13-14-9(17-8)5-15-4-6(11)3-7(12)10(15)16/h3-4H,2,5H2,1H3. The van der Waals surface area contributed by atoms with E-state index in [-0.39, 0.29) is 12.1 Å². The smallest absolute Gasteiger partial charge is 0.265 e.